The van der Waals surface area contributed by atoms with E-state index in [4.69, 9.17) is 9.72 Å². The number of carbonyl (C=O) groups is 1. The number of fused-ring (bicyclic) bond motifs is 2. The third-order valence-corrected chi connectivity index (χ3v) is 11.4. The standard InChI is InChI=1S/C34H35FN4O3Si/c1-19-26-6-4-3-5-21(26)11-14-38(19)32(40)23-15-28(22-7-8-22)31-36-30(20(2)39(31)17-23)27-10-9-24(16-29(27)35)37-13-12-25(18-37)43-34-33(41)42-34/h3-6,9-10,15-17,19,22,25,33-34,41H,7-8,11-14,18H2,1-2H3/t19-,25-,33?,34?/m1/s1. The smallest absolute Gasteiger partial charge is 0.255 e. The summed E-state index contributed by atoms with van der Waals surface area (Å²) in [6, 6.07) is 15.9. The SMILES string of the molecule is Cc1c(-c2ccc(N3CC[C@@H]([Si]C4OC4O)C3)cc2F)nc2c(C3CC3)cc(C(=O)N3CCc4ccccc4[C@H]3C)cn12. The predicted octanol–water partition coefficient (Wildman–Crippen LogP) is 5.46. The maximum atomic E-state index is 15.8. The number of hydrogen-bond donors (Lipinski definition) is 1. The molecular formula is C34H35FN4O3Si. The van der Waals surface area contributed by atoms with Gasteiger partial charge in [0.2, 0.25) is 0 Å². The van der Waals surface area contributed by atoms with Crippen molar-refractivity contribution in [2.24, 2.45) is 0 Å². The van der Waals surface area contributed by atoms with Gasteiger partial charge in [0.1, 0.15) is 11.5 Å². The highest BCUT2D eigenvalue weighted by atomic mass is 28.2. The van der Waals surface area contributed by atoms with Gasteiger partial charge in [-0.1, -0.05) is 24.3 Å². The van der Waals surface area contributed by atoms with E-state index in [2.05, 4.69) is 30.0 Å². The molecule has 0 bridgehead atoms. The topological polar surface area (TPSA) is 73.6 Å². The van der Waals surface area contributed by atoms with Crippen molar-refractivity contribution < 1.29 is 19.0 Å². The van der Waals surface area contributed by atoms with E-state index in [9.17, 15) is 9.90 Å². The Bertz CT molecular complexity index is 1750. The Kier molecular flexibility index (Phi) is 6.47. The van der Waals surface area contributed by atoms with Crippen LogP contribution in [0.5, 0.6) is 0 Å². The second kappa shape index (κ2) is 10.3. The molecule has 43 heavy (non-hydrogen) atoms. The van der Waals surface area contributed by atoms with Crippen LogP contribution in [-0.4, -0.2) is 66.5 Å². The van der Waals surface area contributed by atoms with Crippen LogP contribution in [0.15, 0.2) is 54.7 Å². The van der Waals surface area contributed by atoms with Gasteiger partial charge < -0.3 is 24.0 Å². The molecule has 1 N–H and O–H groups in total. The molecule has 1 saturated carbocycles. The summed E-state index contributed by atoms with van der Waals surface area (Å²) in [5, 5.41) is 9.51. The van der Waals surface area contributed by atoms with Gasteiger partial charge in [-0.25, -0.2) is 9.37 Å². The van der Waals surface area contributed by atoms with Gasteiger partial charge in [-0.15, -0.1) is 0 Å². The fourth-order valence-electron chi connectivity index (χ4n) is 7.05. The molecule has 2 saturated heterocycles. The number of imidazole rings is 1. The second-order valence-corrected chi connectivity index (χ2v) is 14.2. The van der Waals surface area contributed by atoms with E-state index in [1.165, 1.54) is 11.1 Å². The van der Waals surface area contributed by atoms with Crippen LogP contribution in [0.1, 0.15) is 70.9 Å². The number of amides is 1. The Morgan fingerprint density at radius 3 is 2.67 bits per heavy atom. The number of nitrogens with zero attached hydrogens (tertiary/aromatic N) is 4. The lowest BCUT2D eigenvalue weighted by Gasteiger charge is -2.35. The molecule has 4 aromatic rings. The highest BCUT2D eigenvalue weighted by Crippen LogP contribution is 2.44. The monoisotopic (exact) mass is 594 g/mol. The van der Waals surface area contributed by atoms with Crippen molar-refractivity contribution in [1.82, 2.24) is 14.3 Å². The molecule has 8 rings (SSSR count). The molecule has 9 heteroatoms. The minimum absolute atomic E-state index is 0.00423. The van der Waals surface area contributed by atoms with Gasteiger partial charge in [-0.3, -0.25) is 4.79 Å². The van der Waals surface area contributed by atoms with Gasteiger partial charge in [0.25, 0.3) is 5.91 Å². The maximum absolute atomic E-state index is 15.8. The Morgan fingerprint density at radius 2 is 1.91 bits per heavy atom. The summed E-state index contributed by atoms with van der Waals surface area (Å²) in [4.78, 5) is 23.2. The molecule has 7 nitrogen and oxygen atoms in total. The average molecular weight is 595 g/mol. The Balaban J connectivity index is 1.10. The summed E-state index contributed by atoms with van der Waals surface area (Å²) in [7, 11) is 0.572. The zero-order valence-corrected chi connectivity index (χ0v) is 25.5. The average Bonchev–Trinajstić information content (AvgIpc) is 3.90. The number of ether oxygens (including phenoxy) is 1. The molecule has 3 fully saturated rings. The van der Waals surface area contributed by atoms with Gasteiger partial charge in [0.05, 0.1) is 32.5 Å². The van der Waals surface area contributed by atoms with Crippen LogP contribution in [0.4, 0.5) is 10.1 Å². The van der Waals surface area contributed by atoms with Crippen LogP contribution >= 0.6 is 0 Å². The number of halogens is 1. The molecule has 220 valence electrons. The molecule has 2 aromatic carbocycles. The summed E-state index contributed by atoms with van der Waals surface area (Å²) in [6.45, 7) is 6.48. The van der Waals surface area contributed by atoms with E-state index in [1.807, 2.05) is 46.7 Å². The van der Waals surface area contributed by atoms with E-state index < -0.39 is 6.29 Å². The lowest BCUT2D eigenvalue weighted by molar-refractivity contribution is 0.0677. The number of rotatable bonds is 6. The van der Waals surface area contributed by atoms with Crippen LogP contribution in [-0.2, 0) is 11.2 Å². The lowest BCUT2D eigenvalue weighted by atomic mass is 9.93. The number of aryl methyl sites for hydroxylation is 1. The number of carbonyl (C=O) groups excluding carboxylic acids is 1. The summed E-state index contributed by atoms with van der Waals surface area (Å²) >= 11 is 0. The first kappa shape index (κ1) is 27.0. The number of pyridine rings is 1. The highest BCUT2D eigenvalue weighted by molar-refractivity contribution is 6.40. The number of aliphatic hydroxyl groups excluding tert-OH is 1. The summed E-state index contributed by atoms with van der Waals surface area (Å²) in [5.41, 5.74) is 8.35. The molecule has 4 aliphatic rings. The molecule has 4 atom stereocenters. The maximum Gasteiger partial charge on any atom is 0.255 e. The van der Waals surface area contributed by atoms with Gasteiger partial charge in [-0.05, 0) is 91.9 Å². The van der Waals surface area contributed by atoms with E-state index in [-0.39, 0.29) is 23.5 Å². The molecule has 2 unspecified atom stereocenters. The molecule has 2 radical (unpaired) electrons. The first-order chi connectivity index (χ1) is 20.9. The van der Waals surface area contributed by atoms with E-state index in [0.717, 1.165) is 61.4 Å². The first-order valence-electron chi connectivity index (χ1n) is 15.4. The highest BCUT2D eigenvalue weighted by Gasteiger charge is 2.41. The molecule has 1 aliphatic carbocycles. The Hall–Kier alpha value is -3.53. The number of epoxide rings is 1. The van der Waals surface area contributed by atoms with Crippen molar-refractivity contribution in [3.63, 3.8) is 0 Å². The van der Waals surface area contributed by atoms with Crippen molar-refractivity contribution in [3.8, 4) is 11.3 Å². The minimum atomic E-state index is -0.599. The third kappa shape index (κ3) is 4.78. The quantitative estimate of drug-likeness (QED) is 0.237. The molecule has 5 heterocycles. The van der Waals surface area contributed by atoms with Gasteiger partial charge in [0, 0.05) is 42.8 Å². The normalized spacial score (nSPS) is 24.9. The van der Waals surface area contributed by atoms with Gasteiger partial charge in [0.15, 0.2) is 6.29 Å². The zero-order chi connectivity index (χ0) is 29.4. The lowest BCUT2D eigenvalue weighted by Crippen LogP contribution is -2.39. The van der Waals surface area contributed by atoms with Crippen molar-refractivity contribution in [1.29, 1.82) is 0 Å². The van der Waals surface area contributed by atoms with Crippen LogP contribution in [0, 0.1) is 12.7 Å². The van der Waals surface area contributed by atoms with Crippen LogP contribution in [0.2, 0.25) is 5.54 Å². The molecular weight excluding hydrogens is 559 g/mol. The Morgan fingerprint density at radius 1 is 1.09 bits per heavy atom. The van der Waals surface area contributed by atoms with Crippen molar-refractivity contribution in [2.75, 3.05) is 24.5 Å². The van der Waals surface area contributed by atoms with E-state index >= 15 is 4.39 Å². The third-order valence-electron chi connectivity index (χ3n) is 9.74. The van der Waals surface area contributed by atoms with Crippen molar-refractivity contribution >= 4 is 26.8 Å². The molecule has 3 aliphatic heterocycles. The second-order valence-electron chi connectivity index (χ2n) is 12.5. The van der Waals surface area contributed by atoms with E-state index in [0.29, 0.717) is 44.3 Å². The van der Waals surface area contributed by atoms with Gasteiger partial charge in [-0.2, -0.15) is 0 Å². The fourth-order valence-corrected chi connectivity index (χ4v) is 8.52. The summed E-state index contributed by atoms with van der Waals surface area (Å²) in [5.74, 6) is 0.117. The minimum Gasteiger partial charge on any atom is -0.371 e. The summed E-state index contributed by atoms with van der Waals surface area (Å²) in [6.07, 6.45) is 5.33. The number of anilines is 1. The Labute approximate surface area is 253 Å². The van der Waals surface area contributed by atoms with Crippen molar-refractivity contribution in [3.05, 3.63) is 88.5 Å². The molecule has 2 aromatic heterocycles. The predicted molar refractivity (Wildman–Crippen MR) is 164 cm³/mol. The van der Waals surface area contributed by atoms with Gasteiger partial charge >= 0.3 is 0 Å². The number of benzene rings is 2. The summed E-state index contributed by atoms with van der Waals surface area (Å²) < 4.78 is 23.0. The van der Waals surface area contributed by atoms with Crippen LogP contribution in [0.3, 0.4) is 0 Å². The largest absolute Gasteiger partial charge is 0.371 e. The zero-order valence-electron chi connectivity index (χ0n) is 24.5. The van der Waals surface area contributed by atoms with Crippen LogP contribution in [0.25, 0.3) is 16.9 Å². The molecule has 0 spiro atoms. The number of aromatic nitrogens is 2. The molecule has 1 amide bonds. The van der Waals surface area contributed by atoms with Crippen LogP contribution < -0.4 is 4.90 Å². The van der Waals surface area contributed by atoms with Crippen molar-refractivity contribution in [2.45, 2.75) is 69.0 Å². The van der Waals surface area contributed by atoms with E-state index in [1.54, 1.807) is 6.07 Å². The number of hydrogen-bond acceptors (Lipinski definition) is 5. The number of aliphatic hydroxyl groups is 1. The first-order valence-corrected chi connectivity index (χ1v) is 16.6. The fraction of sp³-hybridized carbons (Fsp3) is 0.412.